The molecule has 0 amide bonds. The van der Waals surface area contributed by atoms with E-state index >= 15 is 0 Å². The number of fused-ring (bicyclic) bond motifs is 3. The van der Waals surface area contributed by atoms with Gasteiger partial charge in [0.1, 0.15) is 17.5 Å². The monoisotopic (exact) mass is 439 g/mol. The number of hydrogen-bond acceptors (Lipinski definition) is 5. The largest absolute Gasteiger partial charge is 0.460 e. The average molecular weight is 440 g/mol. The van der Waals surface area contributed by atoms with Crippen LogP contribution in [-0.2, 0) is 16.6 Å². The molecule has 0 fully saturated rings. The Morgan fingerprint density at radius 1 is 1.16 bits per heavy atom. The quantitative estimate of drug-likeness (QED) is 0.563. The summed E-state index contributed by atoms with van der Waals surface area (Å²) in [6, 6.07) is 7.05. The third kappa shape index (κ3) is 4.02. The number of aromatic nitrogens is 4. The molecule has 1 aliphatic heterocycles. The van der Waals surface area contributed by atoms with Crippen molar-refractivity contribution < 1.29 is 9.53 Å². The minimum atomic E-state index is -0.574. The van der Waals surface area contributed by atoms with Crippen molar-refractivity contribution in [1.29, 1.82) is 0 Å². The molecule has 3 aromatic rings. The number of aryl methyl sites for hydroxylation is 2. The number of aliphatic imine (C=N–C) groups is 1. The molecule has 3 heterocycles. The number of hydrogen-bond donors (Lipinski definition) is 0. The Hall–Kier alpha value is -2.93. The summed E-state index contributed by atoms with van der Waals surface area (Å²) >= 11 is 6.13. The highest BCUT2D eigenvalue weighted by atomic mass is 35.5. The maximum Gasteiger partial charge on any atom is 0.308 e. The number of benzene rings is 1. The van der Waals surface area contributed by atoms with Gasteiger partial charge < -0.3 is 9.30 Å². The van der Waals surface area contributed by atoms with Crippen LogP contribution in [0.2, 0.25) is 5.02 Å². The Balaban J connectivity index is 1.91. The van der Waals surface area contributed by atoms with E-state index in [1.807, 2.05) is 69.8 Å². The summed E-state index contributed by atoms with van der Waals surface area (Å²) in [5.41, 5.74) is 4.13. The summed E-state index contributed by atoms with van der Waals surface area (Å²) in [5.74, 6) is 1.04. The van der Waals surface area contributed by atoms with Crippen LogP contribution in [0.25, 0.3) is 5.69 Å². The molecule has 2 aromatic heterocycles. The molecule has 162 valence electrons. The maximum atomic E-state index is 12.7. The van der Waals surface area contributed by atoms with Gasteiger partial charge in [-0.3, -0.25) is 14.4 Å². The number of rotatable bonds is 3. The van der Waals surface area contributed by atoms with Gasteiger partial charge in [0.05, 0.1) is 17.8 Å². The fraction of sp³-hybridized carbons (Fsp3) is 0.391. The van der Waals surface area contributed by atoms with Crippen molar-refractivity contribution in [3.8, 4) is 5.69 Å². The van der Waals surface area contributed by atoms with Gasteiger partial charge in [-0.05, 0) is 46.8 Å². The molecule has 0 spiro atoms. The lowest BCUT2D eigenvalue weighted by Crippen LogP contribution is -2.25. The molecule has 7 nitrogen and oxygen atoms in total. The third-order valence-electron chi connectivity index (χ3n) is 5.27. The second-order valence-electron chi connectivity index (χ2n) is 8.82. The van der Waals surface area contributed by atoms with Crippen molar-refractivity contribution in [2.24, 2.45) is 12.0 Å². The van der Waals surface area contributed by atoms with Gasteiger partial charge in [-0.2, -0.15) is 0 Å². The van der Waals surface area contributed by atoms with E-state index in [0.29, 0.717) is 10.8 Å². The van der Waals surface area contributed by atoms with Crippen LogP contribution in [0.4, 0.5) is 0 Å². The molecule has 0 radical (unpaired) electrons. The molecule has 1 unspecified atom stereocenters. The van der Waals surface area contributed by atoms with Crippen LogP contribution < -0.4 is 0 Å². The van der Waals surface area contributed by atoms with Crippen LogP contribution in [0.5, 0.6) is 0 Å². The molecular weight excluding hydrogens is 414 g/mol. The molecule has 31 heavy (non-hydrogen) atoms. The van der Waals surface area contributed by atoms with Crippen molar-refractivity contribution in [1.82, 2.24) is 19.3 Å². The van der Waals surface area contributed by atoms with Crippen LogP contribution in [0.15, 0.2) is 35.5 Å². The second-order valence-corrected chi connectivity index (χ2v) is 9.25. The number of ether oxygens (including phenoxy) is 1. The third-order valence-corrected chi connectivity index (χ3v) is 5.52. The molecule has 0 saturated carbocycles. The van der Waals surface area contributed by atoms with Crippen molar-refractivity contribution in [2.75, 3.05) is 0 Å². The van der Waals surface area contributed by atoms with Crippen LogP contribution in [-0.4, -0.2) is 36.6 Å². The number of carbonyl (C=O) groups excluding carboxylic acids is 1. The van der Waals surface area contributed by atoms with Gasteiger partial charge in [-0.15, -0.1) is 10.2 Å². The lowest BCUT2D eigenvalue weighted by Gasteiger charge is -2.21. The summed E-state index contributed by atoms with van der Waals surface area (Å²) < 4.78 is 9.63. The lowest BCUT2D eigenvalue weighted by molar-refractivity contribution is -0.155. The smallest absolute Gasteiger partial charge is 0.308 e. The standard InChI is InChI=1S/C23H26ClN5O2/c1-13-20-18(12-28(13)6)29-14(2)26-27-22(29)17(11-19(30)31-23(3,4)5)25-21(20)15-7-9-16(24)10-8-15/h7-10,12,17H,11H2,1-6H3. The van der Waals surface area contributed by atoms with Crippen LogP contribution in [0.3, 0.4) is 0 Å². The van der Waals surface area contributed by atoms with E-state index in [1.165, 1.54) is 0 Å². The number of halogens is 1. The Morgan fingerprint density at radius 3 is 2.48 bits per heavy atom. The molecule has 0 bridgehead atoms. The molecule has 0 saturated heterocycles. The number of esters is 1. The second kappa shape index (κ2) is 7.64. The lowest BCUT2D eigenvalue weighted by atomic mass is 10.0. The summed E-state index contributed by atoms with van der Waals surface area (Å²) in [6.07, 6.45) is 2.12. The van der Waals surface area contributed by atoms with E-state index in [0.717, 1.165) is 34.0 Å². The zero-order valence-electron chi connectivity index (χ0n) is 18.6. The van der Waals surface area contributed by atoms with Gasteiger partial charge in [0.25, 0.3) is 0 Å². The fourth-order valence-corrected chi connectivity index (χ4v) is 3.97. The Kier molecular flexibility index (Phi) is 5.25. The molecule has 8 heteroatoms. The SMILES string of the molecule is Cc1c2c(cn1C)-n1c(C)nnc1C(CC(=O)OC(C)(C)C)N=C2c1ccc(Cl)cc1. The summed E-state index contributed by atoms with van der Waals surface area (Å²) in [6.45, 7) is 9.52. The molecule has 1 aliphatic rings. The molecule has 4 rings (SSSR count). The molecule has 1 atom stereocenters. The first-order chi connectivity index (χ1) is 14.5. The minimum absolute atomic E-state index is 0.0714. The number of nitrogens with zero attached hydrogens (tertiary/aromatic N) is 5. The van der Waals surface area contributed by atoms with Crippen molar-refractivity contribution in [2.45, 2.75) is 52.7 Å². The highest BCUT2D eigenvalue weighted by molar-refractivity contribution is 6.30. The van der Waals surface area contributed by atoms with E-state index in [9.17, 15) is 4.79 Å². The van der Waals surface area contributed by atoms with Gasteiger partial charge in [-0.25, -0.2) is 0 Å². The summed E-state index contributed by atoms with van der Waals surface area (Å²) in [7, 11) is 2.00. The van der Waals surface area contributed by atoms with Gasteiger partial charge >= 0.3 is 5.97 Å². The first-order valence-electron chi connectivity index (χ1n) is 10.2. The van der Waals surface area contributed by atoms with Crippen molar-refractivity contribution in [3.63, 3.8) is 0 Å². The fourth-order valence-electron chi connectivity index (χ4n) is 3.84. The van der Waals surface area contributed by atoms with E-state index in [4.69, 9.17) is 21.3 Å². The Bertz CT molecular complexity index is 1180. The van der Waals surface area contributed by atoms with Gasteiger partial charge in [-0.1, -0.05) is 23.7 Å². The first-order valence-corrected chi connectivity index (χ1v) is 10.6. The van der Waals surface area contributed by atoms with E-state index < -0.39 is 11.6 Å². The Morgan fingerprint density at radius 2 is 1.84 bits per heavy atom. The summed E-state index contributed by atoms with van der Waals surface area (Å²) in [4.78, 5) is 17.8. The van der Waals surface area contributed by atoms with Gasteiger partial charge in [0, 0.05) is 35.1 Å². The van der Waals surface area contributed by atoms with Crippen LogP contribution in [0, 0.1) is 13.8 Å². The molecular formula is C23H26ClN5O2. The topological polar surface area (TPSA) is 74.3 Å². The van der Waals surface area contributed by atoms with E-state index in [1.54, 1.807) is 0 Å². The van der Waals surface area contributed by atoms with Crippen molar-refractivity contribution in [3.05, 3.63) is 64.0 Å². The predicted molar refractivity (Wildman–Crippen MR) is 120 cm³/mol. The molecule has 1 aromatic carbocycles. The average Bonchev–Trinajstić information content (AvgIpc) is 3.14. The van der Waals surface area contributed by atoms with Crippen LogP contribution >= 0.6 is 11.6 Å². The molecule has 0 aliphatic carbocycles. The zero-order valence-corrected chi connectivity index (χ0v) is 19.4. The van der Waals surface area contributed by atoms with E-state index in [-0.39, 0.29) is 12.4 Å². The van der Waals surface area contributed by atoms with Gasteiger partial charge in [0.2, 0.25) is 0 Å². The highest BCUT2D eigenvalue weighted by Gasteiger charge is 2.32. The van der Waals surface area contributed by atoms with Crippen molar-refractivity contribution >= 4 is 23.3 Å². The summed E-state index contributed by atoms with van der Waals surface area (Å²) in [5, 5.41) is 9.33. The molecule has 0 N–H and O–H groups in total. The highest BCUT2D eigenvalue weighted by Crippen LogP contribution is 2.35. The maximum absolute atomic E-state index is 12.7. The normalized spacial score (nSPS) is 15.7. The first kappa shape index (κ1) is 21.3. The zero-order chi connectivity index (χ0) is 22.5. The van der Waals surface area contributed by atoms with E-state index in [2.05, 4.69) is 21.7 Å². The Labute approximate surface area is 186 Å². The predicted octanol–water partition coefficient (Wildman–Crippen LogP) is 4.50. The van der Waals surface area contributed by atoms with Gasteiger partial charge in [0.15, 0.2) is 5.82 Å². The number of carbonyl (C=O) groups is 1. The minimum Gasteiger partial charge on any atom is -0.460 e. The van der Waals surface area contributed by atoms with Crippen LogP contribution in [0.1, 0.15) is 61.7 Å².